The van der Waals surface area contributed by atoms with Crippen LogP contribution in [0.15, 0.2) is 29.6 Å². The highest BCUT2D eigenvalue weighted by molar-refractivity contribution is 7.13. The fraction of sp³-hybridized carbons (Fsp3) is 0.353. The number of hydrogen-bond donors (Lipinski definition) is 1. The summed E-state index contributed by atoms with van der Waals surface area (Å²) in [5.74, 6) is -0.607. The molecule has 7 heteroatoms. The number of rotatable bonds is 6. The van der Waals surface area contributed by atoms with Gasteiger partial charge in [0.15, 0.2) is 11.8 Å². The summed E-state index contributed by atoms with van der Waals surface area (Å²) >= 11 is 7.28. The van der Waals surface area contributed by atoms with Gasteiger partial charge in [0.1, 0.15) is 5.01 Å². The Morgan fingerprint density at radius 1 is 1.33 bits per heavy atom. The summed E-state index contributed by atoms with van der Waals surface area (Å²) < 4.78 is 5.17. The van der Waals surface area contributed by atoms with Crippen molar-refractivity contribution >= 4 is 34.8 Å². The Kier molecular flexibility index (Phi) is 6.34. The quantitative estimate of drug-likeness (QED) is 0.790. The molecule has 5 nitrogen and oxygen atoms in total. The van der Waals surface area contributed by atoms with Crippen molar-refractivity contribution in [1.82, 2.24) is 10.3 Å². The van der Waals surface area contributed by atoms with E-state index in [4.69, 9.17) is 16.3 Å². The maximum Gasteiger partial charge on any atom is 0.358 e. The number of aromatic nitrogens is 1. The van der Waals surface area contributed by atoms with Crippen molar-refractivity contribution in [2.24, 2.45) is 5.92 Å². The average Bonchev–Trinajstić information content (AvgIpc) is 3.02. The molecule has 1 N–H and O–H groups in total. The zero-order valence-corrected chi connectivity index (χ0v) is 15.3. The van der Waals surface area contributed by atoms with E-state index in [-0.39, 0.29) is 11.6 Å². The normalized spacial score (nSPS) is 12.0. The maximum absolute atomic E-state index is 12.1. The molecule has 128 valence electrons. The van der Waals surface area contributed by atoms with Gasteiger partial charge < -0.3 is 10.1 Å². The van der Waals surface area contributed by atoms with Crippen molar-refractivity contribution < 1.29 is 14.3 Å². The molecule has 1 aromatic carbocycles. The van der Waals surface area contributed by atoms with Gasteiger partial charge in [-0.3, -0.25) is 4.79 Å². The third-order valence-corrected chi connectivity index (χ3v) is 4.25. The highest BCUT2D eigenvalue weighted by atomic mass is 35.5. The summed E-state index contributed by atoms with van der Waals surface area (Å²) in [4.78, 5) is 28.2. The summed E-state index contributed by atoms with van der Waals surface area (Å²) in [5.41, 5.74) is 1.01. The first-order valence-corrected chi connectivity index (χ1v) is 8.82. The molecule has 1 aromatic heterocycles. The lowest BCUT2D eigenvalue weighted by atomic mass is 10.2. The number of amides is 1. The van der Waals surface area contributed by atoms with Gasteiger partial charge in [-0.15, -0.1) is 11.3 Å². The van der Waals surface area contributed by atoms with Gasteiger partial charge in [-0.1, -0.05) is 37.6 Å². The van der Waals surface area contributed by atoms with E-state index in [1.165, 1.54) is 18.3 Å². The first-order chi connectivity index (χ1) is 11.4. The fourth-order valence-electron chi connectivity index (χ4n) is 1.84. The van der Waals surface area contributed by atoms with E-state index in [2.05, 4.69) is 10.3 Å². The van der Waals surface area contributed by atoms with Gasteiger partial charge in [0.25, 0.3) is 5.91 Å². The summed E-state index contributed by atoms with van der Waals surface area (Å²) in [6, 6.07) is 7.22. The molecule has 0 bridgehead atoms. The number of ether oxygens (including phenoxy) is 1. The largest absolute Gasteiger partial charge is 0.448 e. The zero-order valence-electron chi connectivity index (χ0n) is 13.7. The van der Waals surface area contributed by atoms with Gasteiger partial charge in [-0.2, -0.15) is 0 Å². The van der Waals surface area contributed by atoms with Crippen LogP contribution in [0.5, 0.6) is 0 Å². The van der Waals surface area contributed by atoms with E-state index in [9.17, 15) is 9.59 Å². The number of thiazole rings is 1. The minimum absolute atomic E-state index is 0.179. The molecule has 2 aromatic rings. The Hall–Kier alpha value is -1.92. The molecule has 0 aliphatic rings. The Morgan fingerprint density at radius 3 is 2.75 bits per heavy atom. The lowest BCUT2D eigenvalue weighted by molar-refractivity contribution is -0.129. The van der Waals surface area contributed by atoms with Crippen molar-refractivity contribution in [2.45, 2.75) is 26.9 Å². The molecule has 1 amide bonds. The minimum atomic E-state index is -0.868. The molecule has 2 rings (SSSR count). The summed E-state index contributed by atoms with van der Waals surface area (Å²) in [5, 5.41) is 5.60. The second-order valence-electron chi connectivity index (χ2n) is 5.73. The highest BCUT2D eigenvalue weighted by Gasteiger charge is 2.21. The molecule has 1 heterocycles. The van der Waals surface area contributed by atoms with Crippen molar-refractivity contribution in [1.29, 1.82) is 0 Å². The second-order valence-corrected chi connectivity index (χ2v) is 7.03. The molecular formula is C17H19ClN2O3S. The van der Waals surface area contributed by atoms with Crippen LogP contribution in [-0.2, 0) is 9.53 Å². The third kappa shape index (κ3) is 5.04. The molecule has 0 spiro atoms. The van der Waals surface area contributed by atoms with Crippen LogP contribution in [0.1, 0.15) is 31.3 Å². The van der Waals surface area contributed by atoms with E-state index in [1.807, 2.05) is 26.0 Å². The number of nitrogens with one attached hydrogen (secondary N) is 1. The summed E-state index contributed by atoms with van der Waals surface area (Å²) in [6.45, 7) is 6.06. The molecule has 24 heavy (non-hydrogen) atoms. The van der Waals surface area contributed by atoms with E-state index in [1.54, 1.807) is 17.5 Å². The van der Waals surface area contributed by atoms with Crippen molar-refractivity contribution in [2.75, 3.05) is 6.54 Å². The molecule has 1 atom stereocenters. The number of nitrogens with zero attached hydrogens (tertiary/aromatic N) is 1. The lowest BCUT2D eigenvalue weighted by Gasteiger charge is -2.13. The molecule has 0 saturated heterocycles. The molecule has 0 radical (unpaired) electrons. The molecule has 0 aliphatic heterocycles. The van der Waals surface area contributed by atoms with Gasteiger partial charge in [0.2, 0.25) is 0 Å². The van der Waals surface area contributed by atoms with Crippen LogP contribution in [0.25, 0.3) is 10.6 Å². The molecule has 0 aliphatic carbocycles. The monoisotopic (exact) mass is 366 g/mol. The number of esters is 1. The minimum Gasteiger partial charge on any atom is -0.448 e. The van der Waals surface area contributed by atoms with E-state index < -0.39 is 12.1 Å². The van der Waals surface area contributed by atoms with Crippen LogP contribution in [-0.4, -0.2) is 29.5 Å². The van der Waals surface area contributed by atoms with Crippen LogP contribution in [0.4, 0.5) is 0 Å². The summed E-state index contributed by atoms with van der Waals surface area (Å²) in [6.07, 6.45) is -0.868. The number of carbonyl (C=O) groups is 2. The average molecular weight is 367 g/mol. The first-order valence-electron chi connectivity index (χ1n) is 7.57. The molecule has 1 unspecified atom stereocenters. The van der Waals surface area contributed by atoms with Crippen LogP contribution >= 0.6 is 22.9 Å². The van der Waals surface area contributed by atoms with E-state index in [0.29, 0.717) is 22.5 Å². The number of halogens is 1. The predicted octanol–water partition coefficient (Wildman–Crippen LogP) is 3.78. The Morgan fingerprint density at radius 2 is 2.08 bits per heavy atom. The van der Waals surface area contributed by atoms with Crippen LogP contribution in [0, 0.1) is 5.92 Å². The zero-order chi connectivity index (χ0) is 17.7. The van der Waals surface area contributed by atoms with Crippen LogP contribution in [0.3, 0.4) is 0 Å². The highest BCUT2D eigenvalue weighted by Crippen LogP contribution is 2.26. The fourth-order valence-corrected chi connectivity index (χ4v) is 2.82. The SMILES string of the molecule is CC(C)CNC(=O)C(C)OC(=O)c1csc(-c2cccc(Cl)c2)n1. The van der Waals surface area contributed by atoms with Crippen molar-refractivity contribution in [3.05, 3.63) is 40.4 Å². The number of benzene rings is 1. The van der Waals surface area contributed by atoms with Gasteiger partial charge >= 0.3 is 5.97 Å². The van der Waals surface area contributed by atoms with Gasteiger partial charge in [-0.25, -0.2) is 9.78 Å². The van der Waals surface area contributed by atoms with Gasteiger partial charge in [0.05, 0.1) is 0 Å². The first kappa shape index (κ1) is 18.4. The van der Waals surface area contributed by atoms with Crippen molar-refractivity contribution in [3.63, 3.8) is 0 Å². The number of carbonyl (C=O) groups excluding carboxylic acids is 2. The summed E-state index contributed by atoms with van der Waals surface area (Å²) in [7, 11) is 0. The third-order valence-electron chi connectivity index (χ3n) is 3.12. The van der Waals surface area contributed by atoms with Gasteiger partial charge in [0, 0.05) is 22.5 Å². The van der Waals surface area contributed by atoms with Gasteiger partial charge in [-0.05, 0) is 25.0 Å². The van der Waals surface area contributed by atoms with Crippen molar-refractivity contribution in [3.8, 4) is 10.6 Å². The maximum atomic E-state index is 12.1. The van der Waals surface area contributed by atoms with E-state index in [0.717, 1.165) is 5.56 Å². The van der Waals surface area contributed by atoms with Crippen LogP contribution < -0.4 is 5.32 Å². The molecule has 0 saturated carbocycles. The Labute approximate surface area is 150 Å². The second kappa shape index (κ2) is 8.26. The topological polar surface area (TPSA) is 68.3 Å². The van der Waals surface area contributed by atoms with Crippen LogP contribution in [0.2, 0.25) is 5.02 Å². The number of hydrogen-bond acceptors (Lipinski definition) is 5. The Balaban J connectivity index is 1.99. The molecule has 0 fully saturated rings. The lowest BCUT2D eigenvalue weighted by Crippen LogP contribution is -2.37. The van der Waals surface area contributed by atoms with E-state index >= 15 is 0 Å². The molecular weight excluding hydrogens is 348 g/mol. The standard InChI is InChI=1S/C17H19ClN2O3S/c1-10(2)8-19-15(21)11(3)23-17(22)14-9-24-16(20-14)12-5-4-6-13(18)7-12/h4-7,9-11H,8H2,1-3H3,(H,19,21). The smallest absolute Gasteiger partial charge is 0.358 e. The predicted molar refractivity (Wildman–Crippen MR) is 95.3 cm³/mol. The Bertz CT molecular complexity index is 730.